The molecule has 0 atom stereocenters. The van der Waals surface area contributed by atoms with Crippen molar-refractivity contribution in [2.45, 2.75) is 0 Å². The molecular weight excluding hydrogens is 402 g/mol. The van der Waals surface area contributed by atoms with E-state index in [9.17, 15) is 9.59 Å². The number of carbonyl (C=O) groups is 2. The normalized spacial score (nSPS) is 10.3. The monoisotopic (exact) mass is 419 g/mol. The smallest absolute Gasteiger partial charge is 0.379 e. The van der Waals surface area contributed by atoms with Gasteiger partial charge in [0.2, 0.25) is 5.76 Å². The average Bonchev–Trinajstić information content (AvgIpc) is 3.34. The molecule has 1 amide bonds. The Labute approximate surface area is 177 Å². The summed E-state index contributed by atoms with van der Waals surface area (Å²) >= 11 is 0. The predicted octanol–water partition coefficient (Wildman–Crippen LogP) is 2.91. The molecule has 1 heterocycles. The Balaban J connectivity index is 1.56. The van der Waals surface area contributed by atoms with Gasteiger partial charge in [-0.15, -0.1) is 0 Å². The van der Waals surface area contributed by atoms with E-state index in [0.717, 1.165) is 0 Å². The van der Waals surface area contributed by atoms with Crippen LogP contribution in [0.15, 0.2) is 70.4 Å². The highest BCUT2D eigenvalue weighted by Crippen LogP contribution is 2.28. The van der Waals surface area contributed by atoms with E-state index in [1.807, 2.05) is 6.07 Å². The quantitative estimate of drug-likeness (QED) is 0.258. The summed E-state index contributed by atoms with van der Waals surface area (Å²) in [4.78, 5) is 23.9. The summed E-state index contributed by atoms with van der Waals surface area (Å²) in [5.41, 5.74) is 3.25. The summed E-state index contributed by atoms with van der Waals surface area (Å²) < 4.78 is 20.8. The highest BCUT2D eigenvalue weighted by atomic mass is 16.6. The molecule has 1 N–H and O–H groups in total. The lowest BCUT2D eigenvalue weighted by molar-refractivity contribution is -0.123. The third kappa shape index (κ3) is 5.71. The maximum atomic E-state index is 12.0. The number of methoxy groups -OCH3 is 1. The minimum atomic E-state index is -0.657. The first-order valence-electron chi connectivity index (χ1n) is 8.98. The van der Waals surface area contributed by atoms with Gasteiger partial charge in [-0.2, -0.15) is 10.4 Å². The number of rotatable bonds is 8. The molecule has 0 aliphatic heterocycles. The zero-order valence-electron chi connectivity index (χ0n) is 16.4. The molecular formula is C22H17N3O6. The van der Waals surface area contributed by atoms with Crippen LogP contribution in [0.3, 0.4) is 0 Å². The van der Waals surface area contributed by atoms with Crippen LogP contribution in [0, 0.1) is 11.3 Å². The van der Waals surface area contributed by atoms with Gasteiger partial charge in [-0.3, -0.25) is 4.79 Å². The lowest BCUT2D eigenvalue weighted by atomic mass is 10.2. The van der Waals surface area contributed by atoms with Gasteiger partial charge in [0.1, 0.15) is 11.8 Å². The first-order valence-corrected chi connectivity index (χ1v) is 8.98. The summed E-state index contributed by atoms with van der Waals surface area (Å²) in [7, 11) is 1.43. The van der Waals surface area contributed by atoms with Gasteiger partial charge in [-0.05, 0) is 48.0 Å². The van der Waals surface area contributed by atoms with E-state index in [0.29, 0.717) is 22.6 Å². The van der Waals surface area contributed by atoms with Gasteiger partial charge in [-0.25, -0.2) is 10.2 Å². The Kier molecular flexibility index (Phi) is 7.00. The molecule has 2 aromatic carbocycles. The van der Waals surface area contributed by atoms with Gasteiger partial charge in [0, 0.05) is 0 Å². The molecule has 0 saturated heterocycles. The Morgan fingerprint density at radius 1 is 1.13 bits per heavy atom. The summed E-state index contributed by atoms with van der Waals surface area (Å²) in [5.74, 6) is -0.278. The third-order valence-corrected chi connectivity index (χ3v) is 3.88. The second-order valence-electron chi connectivity index (χ2n) is 5.97. The predicted molar refractivity (Wildman–Crippen MR) is 109 cm³/mol. The number of amides is 1. The Morgan fingerprint density at radius 3 is 2.71 bits per heavy atom. The second-order valence-corrected chi connectivity index (χ2v) is 5.97. The van der Waals surface area contributed by atoms with Gasteiger partial charge >= 0.3 is 5.97 Å². The van der Waals surface area contributed by atoms with Crippen molar-refractivity contribution in [3.63, 3.8) is 0 Å². The number of carbonyl (C=O) groups excluding carboxylic acids is 2. The number of hydrogen-bond acceptors (Lipinski definition) is 8. The molecule has 1 aromatic heterocycles. The molecule has 0 saturated carbocycles. The van der Waals surface area contributed by atoms with Crippen LogP contribution < -0.4 is 19.6 Å². The van der Waals surface area contributed by atoms with E-state index in [4.69, 9.17) is 23.9 Å². The molecule has 0 fully saturated rings. The lowest BCUT2D eigenvalue weighted by Crippen LogP contribution is -2.24. The molecule has 31 heavy (non-hydrogen) atoms. The zero-order chi connectivity index (χ0) is 22.1. The molecule has 156 valence electrons. The third-order valence-electron chi connectivity index (χ3n) is 3.88. The van der Waals surface area contributed by atoms with Crippen LogP contribution in [-0.4, -0.2) is 31.8 Å². The number of benzene rings is 2. The van der Waals surface area contributed by atoms with Crippen LogP contribution in [0.1, 0.15) is 21.7 Å². The number of esters is 1. The van der Waals surface area contributed by atoms with E-state index in [-0.39, 0.29) is 18.1 Å². The van der Waals surface area contributed by atoms with Crippen molar-refractivity contribution in [3.05, 3.63) is 77.7 Å². The SMILES string of the molecule is COc1cc(/C=N/NC(=O)COc2ccccc2C#N)ccc1OC(=O)c1ccco1. The number of furan rings is 1. The molecule has 0 bridgehead atoms. The fraction of sp³-hybridized carbons (Fsp3) is 0.0909. The molecule has 0 radical (unpaired) electrons. The molecule has 0 spiro atoms. The fourth-order valence-electron chi connectivity index (χ4n) is 2.43. The molecule has 3 rings (SSSR count). The Bertz CT molecular complexity index is 1130. The zero-order valence-corrected chi connectivity index (χ0v) is 16.4. The van der Waals surface area contributed by atoms with E-state index in [1.54, 1.807) is 42.5 Å². The molecule has 0 unspecified atom stereocenters. The van der Waals surface area contributed by atoms with Crippen molar-refractivity contribution >= 4 is 18.1 Å². The number of ether oxygens (including phenoxy) is 3. The molecule has 0 aliphatic rings. The highest BCUT2D eigenvalue weighted by Gasteiger charge is 2.15. The maximum Gasteiger partial charge on any atom is 0.379 e. The number of nitriles is 1. The van der Waals surface area contributed by atoms with Crippen LogP contribution in [0.2, 0.25) is 0 Å². The number of para-hydroxylation sites is 1. The van der Waals surface area contributed by atoms with Gasteiger partial charge in [0.05, 0.1) is 25.2 Å². The van der Waals surface area contributed by atoms with E-state index in [2.05, 4.69) is 10.5 Å². The number of nitrogens with one attached hydrogen (secondary N) is 1. The van der Waals surface area contributed by atoms with Crippen LogP contribution in [0.4, 0.5) is 0 Å². The minimum absolute atomic E-state index is 0.0648. The maximum absolute atomic E-state index is 12.0. The topological polar surface area (TPSA) is 123 Å². The van der Waals surface area contributed by atoms with Gasteiger partial charge in [0.15, 0.2) is 18.1 Å². The number of hydrazone groups is 1. The van der Waals surface area contributed by atoms with Crippen LogP contribution in [-0.2, 0) is 4.79 Å². The Hall–Kier alpha value is -4.58. The van der Waals surface area contributed by atoms with Crippen molar-refractivity contribution < 1.29 is 28.2 Å². The van der Waals surface area contributed by atoms with Gasteiger partial charge in [0.25, 0.3) is 5.91 Å². The van der Waals surface area contributed by atoms with Crippen molar-refractivity contribution in [1.82, 2.24) is 5.43 Å². The van der Waals surface area contributed by atoms with Crippen molar-refractivity contribution in [1.29, 1.82) is 5.26 Å². The van der Waals surface area contributed by atoms with Crippen LogP contribution in [0.25, 0.3) is 0 Å². The summed E-state index contributed by atoms with van der Waals surface area (Å²) in [5, 5.41) is 12.9. The number of nitrogens with zero attached hydrogens (tertiary/aromatic N) is 2. The molecule has 0 aliphatic carbocycles. The first kappa shape index (κ1) is 21.1. The molecule has 3 aromatic rings. The molecule has 9 nitrogen and oxygen atoms in total. The van der Waals surface area contributed by atoms with Crippen molar-refractivity contribution in [2.75, 3.05) is 13.7 Å². The van der Waals surface area contributed by atoms with Crippen molar-refractivity contribution in [3.8, 4) is 23.3 Å². The number of hydrogen-bond donors (Lipinski definition) is 1. The van der Waals surface area contributed by atoms with E-state index < -0.39 is 11.9 Å². The van der Waals surface area contributed by atoms with Crippen LogP contribution >= 0.6 is 0 Å². The largest absolute Gasteiger partial charge is 0.493 e. The standard InChI is InChI=1S/C22H17N3O6/c1-28-20-11-15(8-9-18(20)31-22(27)19-7-4-10-29-19)13-24-25-21(26)14-30-17-6-3-2-5-16(17)12-23/h2-11,13H,14H2,1H3,(H,25,26)/b24-13+. The summed E-state index contributed by atoms with van der Waals surface area (Å²) in [6.07, 6.45) is 2.76. The second kappa shape index (κ2) is 10.3. The summed E-state index contributed by atoms with van der Waals surface area (Å²) in [6.45, 7) is -0.305. The first-order chi connectivity index (χ1) is 15.1. The fourth-order valence-corrected chi connectivity index (χ4v) is 2.43. The lowest BCUT2D eigenvalue weighted by Gasteiger charge is -2.09. The Morgan fingerprint density at radius 2 is 1.97 bits per heavy atom. The van der Waals surface area contributed by atoms with Gasteiger partial charge in [-0.1, -0.05) is 12.1 Å². The molecule has 9 heteroatoms. The van der Waals surface area contributed by atoms with Gasteiger partial charge < -0.3 is 18.6 Å². The average molecular weight is 419 g/mol. The van der Waals surface area contributed by atoms with E-state index in [1.165, 1.54) is 31.7 Å². The van der Waals surface area contributed by atoms with Crippen molar-refractivity contribution in [2.24, 2.45) is 5.10 Å². The minimum Gasteiger partial charge on any atom is -0.493 e. The highest BCUT2D eigenvalue weighted by molar-refractivity contribution is 5.89. The summed E-state index contributed by atoms with van der Waals surface area (Å²) in [6, 6.07) is 16.4. The van der Waals surface area contributed by atoms with Crippen LogP contribution in [0.5, 0.6) is 17.2 Å². The van der Waals surface area contributed by atoms with E-state index >= 15 is 0 Å².